The Labute approximate surface area is 97.8 Å². The van der Waals surface area contributed by atoms with Crippen molar-refractivity contribution in [1.82, 2.24) is 9.97 Å². The van der Waals surface area contributed by atoms with E-state index in [9.17, 15) is 13.2 Å². The third-order valence-corrected chi connectivity index (χ3v) is 2.91. The minimum atomic E-state index is -4.51. The van der Waals surface area contributed by atoms with E-state index in [2.05, 4.69) is 9.97 Å². The number of hydrogen-bond acceptors (Lipinski definition) is 3. The van der Waals surface area contributed by atoms with Gasteiger partial charge in [-0.25, -0.2) is 4.98 Å². The molecular weight excluding hydrogens is 257 g/mol. The molecule has 84 valence electrons. The predicted octanol–water partition coefficient (Wildman–Crippen LogP) is 3.89. The molecule has 0 saturated heterocycles. The summed E-state index contributed by atoms with van der Waals surface area (Å²) in [4.78, 5) is 6.18. The number of H-pyrrole nitrogens is 1. The molecule has 7 heteroatoms. The molecule has 0 atom stereocenters. The largest absolute Gasteiger partial charge is 0.449 e. The Morgan fingerprint density at radius 1 is 1.38 bits per heavy atom. The van der Waals surface area contributed by atoms with Gasteiger partial charge in [0.1, 0.15) is 4.64 Å². The SMILES string of the molecule is FC(F)(F)c1nc(=S)cc(-c2cccs2)[nH]1. The molecule has 0 aliphatic rings. The summed E-state index contributed by atoms with van der Waals surface area (Å²) in [5.74, 6) is -1.07. The molecule has 2 rings (SSSR count). The Kier molecular flexibility index (Phi) is 2.81. The van der Waals surface area contributed by atoms with Crippen LogP contribution in [0.3, 0.4) is 0 Å². The van der Waals surface area contributed by atoms with Crippen molar-refractivity contribution in [3.8, 4) is 10.6 Å². The first-order chi connectivity index (χ1) is 7.47. The van der Waals surface area contributed by atoms with Gasteiger partial charge in [-0.2, -0.15) is 13.2 Å². The molecule has 2 heterocycles. The summed E-state index contributed by atoms with van der Waals surface area (Å²) in [6, 6.07) is 4.88. The number of thiophene rings is 1. The second-order valence-corrected chi connectivity index (χ2v) is 4.32. The van der Waals surface area contributed by atoms with E-state index in [-0.39, 0.29) is 4.64 Å². The van der Waals surface area contributed by atoms with Gasteiger partial charge in [0, 0.05) is 0 Å². The molecule has 0 spiro atoms. The highest BCUT2D eigenvalue weighted by Gasteiger charge is 2.34. The van der Waals surface area contributed by atoms with Gasteiger partial charge in [-0.05, 0) is 17.5 Å². The summed E-state index contributed by atoms with van der Waals surface area (Å²) >= 11 is 6.03. The van der Waals surface area contributed by atoms with E-state index in [1.807, 2.05) is 0 Å². The van der Waals surface area contributed by atoms with Gasteiger partial charge >= 0.3 is 6.18 Å². The molecule has 0 amide bonds. The van der Waals surface area contributed by atoms with E-state index >= 15 is 0 Å². The van der Waals surface area contributed by atoms with Crippen LogP contribution in [0.5, 0.6) is 0 Å². The number of rotatable bonds is 1. The molecule has 0 saturated carbocycles. The van der Waals surface area contributed by atoms with Crippen molar-refractivity contribution < 1.29 is 13.2 Å². The van der Waals surface area contributed by atoms with Gasteiger partial charge in [0.2, 0.25) is 5.82 Å². The van der Waals surface area contributed by atoms with E-state index in [0.29, 0.717) is 10.6 Å². The Bertz CT molecular complexity index is 543. The molecule has 2 aromatic heterocycles. The third-order valence-electron chi connectivity index (χ3n) is 1.80. The minimum Gasteiger partial charge on any atom is -0.335 e. The molecular formula is C9H5F3N2S2. The van der Waals surface area contributed by atoms with Crippen LogP contribution >= 0.6 is 23.6 Å². The van der Waals surface area contributed by atoms with Crippen molar-refractivity contribution in [3.05, 3.63) is 34.0 Å². The quantitative estimate of drug-likeness (QED) is 0.790. The highest BCUT2D eigenvalue weighted by Crippen LogP contribution is 2.29. The average Bonchev–Trinajstić information content (AvgIpc) is 2.68. The molecule has 0 aliphatic carbocycles. The smallest absolute Gasteiger partial charge is 0.335 e. The molecule has 0 fully saturated rings. The zero-order valence-corrected chi connectivity index (χ0v) is 9.34. The van der Waals surface area contributed by atoms with E-state index in [0.717, 1.165) is 0 Å². The molecule has 0 aliphatic heterocycles. The van der Waals surface area contributed by atoms with Gasteiger partial charge in [-0.15, -0.1) is 11.3 Å². The van der Waals surface area contributed by atoms with Crippen molar-refractivity contribution in [2.75, 3.05) is 0 Å². The molecule has 2 nitrogen and oxygen atoms in total. The predicted molar refractivity (Wildman–Crippen MR) is 57.7 cm³/mol. The monoisotopic (exact) mass is 262 g/mol. The van der Waals surface area contributed by atoms with Crippen LogP contribution in [-0.2, 0) is 6.18 Å². The highest BCUT2D eigenvalue weighted by atomic mass is 32.1. The Morgan fingerprint density at radius 3 is 2.69 bits per heavy atom. The Balaban J connectivity index is 2.57. The zero-order chi connectivity index (χ0) is 11.8. The second-order valence-electron chi connectivity index (χ2n) is 2.96. The van der Waals surface area contributed by atoms with E-state index in [1.54, 1.807) is 17.5 Å². The minimum absolute atomic E-state index is 0.0746. The van der Waals surface area contributed by atoms with Crippen LogP contribution in [0, 0.1) is 4.64 Å². The van der Waals surface area contributed by atoms with E-state index in [4.69, 9.17) is 12.2 Å². The maximum Gasteiger partial charge on any atom is 0.449 e. The number of hydrogen-bond donors (Lipinski definition) is 1. The average molecular weight is 262 g/mol. The summed E-state index contributed by atoms with van der Waals surface area (Å²) < 4.78 is 37.3. The number of aromatic nitrogens is 2. The zero-order valence-electron chi connectivity index (χ0n) is 7.71. The molecule has 0 radical (unpaired) electrons. The van der Waals surface area contributed by atoms with Crippen LogP contribution in [0.15, 0.2) is 23.6 Å². The third kappa shape index (κ3) is 2.30. The number of nitrogens with zero attached hydrogens (tertiary/aromatic N) is 1. The van der Waals surface area contributed by atoms with Gasteiger partial charge in [0.15, 0.2) is 0 Å². The molecule has 1 N–H and O–H groups in total. The van der Waals surface area contributed by atoms with Gasteiger partial charge < -0.3 is 4.98 Å². The summed E-state index contributed by atoms with van der Waals surface area (Å²) in [6.07, 6.45) is -4.51. The first-order valence-corrected chi connectivity index (χ1v) is 5.48. The van der Waals surface area contributed by atoms with E-state index in [1.165, 1.54) is 17.4 Å². The van der Waals surface area contributed by atoms with Crippen LogP contribution in [0.25, 0.3) is 10.6 Å². The van der Waals surface area contributed by atoms with Crippen LogP contribution in [0.4, 0.5) is 13.2 Å². The lowest BCUT2D eigenvalue weighted by atomic mass is 10.3. The molecule has 0 bridgehead atoms. The molecule has 0 unspecified atom stereocenters. The van der Waals surface area contributed by atoms with Crippen molar-refractivity contribution in [1.29, 1.82) is 0 Å². The number of halogens is 3. The topological polar surface area (TPSA) is 28.7 Å². The summed E-state index contributed by atoms with van der Waals surface area (Å²) in [5.41, 5.74) is 0.335. The molecule has 16 heavy (non-hydrogen) atoms. The fourth-order valence-electron chi connectivity index (χ4n) is 1.16. The highest BCUT2D eigenvalue weighted by molar-refractivity contribution is 7.71. The fraction of sp³-hybridized carbons (Fsp3) is 0.111. The van der Waals surface area contributed by atoms with Gasteiger partial charge in [0.05, 0.1) is 10.6 Å². The van der Waals surface area contributed by atoms with Crippen LogP contribution < -0.4 is 0 Å². The number of alkyl halides is 3. The number of aromatic amines is 1. The fourth-order valence-corrected chi connectivity index (χ4v) is 2.06. The Morgan fingerprint density at radius 2 is 2.12 bits per heavy atom. The second kappa shape index (κ2) is 3.99. The van der Waals surface area contributed by atoms with Crippen LogP contribution in [0.1, 0.15) is 5.82 Å². The van der Waals surface area contributed by atoms with Crippen LogP contribution in [0.2, 0.25) is 0 Å². The van der Waals surface area contributed by atoms with Gasteiger partial charge in [0.25, 0.3) is 0 Å². The van der Waals surface area contributed by atoms with Crippen LogP contribution in [-0.4, -0.2) is 9.97 Å². The first-order valence-electron chi connectivity index (χ1n) is 4.19. The summed E-state index contributed by atoms with van der Waals surface area (Å²) in [5, 5.41) is 1.78. The first kappa shape index (κ1) is 11.3. The van der Waals surface area contributed by atoms with Gasteiger partial charge in [-0.3, -0.25) is 0 Å². The van der Waals surface area contributed by atoms with Crippen molar-refractivity contribution >= 4 is 23.6 Å². The lowest BCUT2D eigenvalue weighted by molar-refractivity contribution is -0.144. The summed E-state index contributed by atoms with van der Waals surface area (Å²) in [7, 11) is 0. The Hall–Kier alpha value is -1.21. The van der Waals surface area contributed by atoms with Gasteiger partial charge in [-0.1, -0.05) is 18.3 Å². The number of nitrogens with one attached hydrogen (secondary N) is 1. The van der Waals surface area contributed by atoms with E-state index < -0.39 is 12.0 Å². The van der Waals surface area contributed by atoms with Crippen molar-refractivity contribution in [3.63, 3.8) is 0 Å². The maximum atomic E-state index is 12.5. The van der Waals surface area contributed by atoms with Crippen molar-refractivity contribution in [2.24, 2.45) is 0 Å². The van der Waals surface area contributed by atoms with Crippen molar-refractivity contribution in [2.45, 2.75) is 6.18 Å². The summed E-state index contributed by atoms with van der Waals surface area (Å²) in [6.45, 7) is 0. The molecule has 0 aromatic carbocycles. The normalized spacial score (nSPS) is 11.7. The lowest BCUT2D eigenvalue weighted by Crippen LogP contribution is -2.11. The molecule has 2 aromatic rings. The standard InChI is InChI=1S/C9H5F3N2S2/c10-9(11,12)8-13-5(4-7(15)14-8)6-2-1-3-16-6/h1-4H,(H,13,14,15). The maximum absolute atomic E-state index is 12.5. The lowest BCUT2D eigenvalue weighted by Gasteiger charge is -2.07.